The minimum Gasteiger partial charge on any atom is -0.491 e. The van der Waals surface area contributed by atoms with Crippen LogP contribution in [0.15, 0.2) is 82.0 Å². The highest BCUT2D eigenvalue weighted by atomic mass is 32.2. The fourth-order valence-electron chi connectivity index (χ4n) is 5.80. The number of unbranched alkanes of at least 4 members (excludes halogenated alkanes) is 1. The molecule has 2 N–H and O–H groups in total. The fraction of sp³-hybridized carbons (Fsp3) is 0.410. The maximum Gasteiger partial charge on any atom is 0.343 e. The fourth-order valence-corrected chi connectivity index (χ4v) is 6.65. The normalized spacial score (nSPS) is 12.8. The van der Waals surface area contributed by atoms with Crippen molar-refractivity contribution in [3.63, 3.8) is 0 Å². The lowest BCUT2D eigenvalue weighted by Gasteiger charge is -2.27. The van der Waals surface area contributed by atoms with E-state index in [2.05, 4.69) is 77.6 Å². The smallest absolute Gasteiger partial charge is 0.343 e. The number of amides is 1. The maximum absolute atomic E-state index is 13.6. The second kappa shape index (κ2) is 17.9. The van der Waals surface area contributed by atoms with Gasteiger partial charge < -0.3 is 19.7 Å². The number of rotatable bonds is 17. The molecule has 2 heterocycles. The van der Waals surface area contributed by atoms with Gasteiger partial charge in [-0.3, -0.25) is 9.36 Å². The highest BCUT2D eigenvalue weighted by Crippen LogP contribution is 2.34. The van der Waals surface area contributed by atoms with Crippen LogP contribution in [0.5, 0.6) is 5.75 Å². The van der Waals surface area contributed by atoms with Gasteiger partial charge in [0.1, 0.15) is 18.2 Å². The number of hydrogen-bond donors (Lipinski definition) is 2. The number of anilines is 2. The van der Waals surface area contributed by atoms with Gasteiger partial charge >= 0.3 is 5.69 Å². The van der Waals surface area contributed by atoms with Gasteiger partial charge in [-0.1, -0.05) is 52.3 Å². The predicted octanol–water partition coefficient (Wildman–Crippen LogP) is 8.02. The molecule has 0 atom stereocenters. The molecule has 3 aromatic carbocycles. The van der Waals surface area contributed by atoms with Gasteiger partial charge in [-0.25, -0.2) is 9.89 Å². The predicted molar refractivity (Wildman–Crippen MR) is 201 cm³/mol. The van der Waals surface area contributed by atoms with Gasteiger partial charge in [0, 0.05) is 48.1 Å². The largest absolute Gasteiger partial charge is 0.491 e. The van der Waals surface area contributed by atoms with Crippen LogP contribution in [0.25, 0.3) is 17.2 Å². The van der Waals surface area contributed by atoms with Crippen molar-refractivity contribution in [1.82, 2.24) is 14.8 Å². The van der Waals surface area contributed by atoms with E-state index in [-0.39, 0.29) is 11.6 Å². The van der Waals surface area contributed by atoms with Crippen molar-refractivity contribution in [1.29, 1.82) is 0 Å². The van der Waals surface area contributed by atoms with Gasteiger partial charge in [-0.05, 0) is 96.5 Å². The molecule has 0 spiro atoms. The van der Waals surface area contributed by atoms with Crippen LogP contribution in [-0.2, 0) is 21.8 Å². The van der Waals surface area contributed by atoms with Gasteiger partial charge in [0.15, 0.2) is 0 Å². The highest BCUT2D eigenvalue weighted by molar-refractivity contribution is 7.98. The summed E-state index contributed by atoms with van der Waals surface area (Å²) in [6.45, 7) is 12.9. The number of hydrogen-bond acceptors (Lipinski definition) is 7. The van der Waals surface area contributed by atoms with Crippen LogP contribution in [0.1, 0.15) is 64.8 Å². The number of H-pyrrole nitrogens is 1. The zero-order chi connectivity index (χ0) is 34.6. The molecule has 0 saturated heterocycles. The third-order valence-electron chi connectivity index (χ3n) is 8.32. The van der Waals surface area contributed by atoms with E-state index in [1.807, 2.05) is 43.3 Å². The summed E-state index contributed by atoms with van der Waals surface area (Å²) in [5, 5.41) is 9.84. The van der Waals surface area contributed by atoms with Crippen LogP contribution in [0.3, 0.4) is 0 Å². The number of nitrogens with zero attached hydrogens (tertiary/aromatic N) is 3. The van der Waals surface area contributed by atoms with Gasteiger partial charge in [0.2, 0.25) is 0 Å². The molecular formula is C39H49N5O4S. The summed E-state index contributed by atoms with van der Waals surface area (Å²) in [5.74, 6) is 2.52. The second-order valence-corrected chi connectivity index (χ2v) is 13.8. The standard InChI is InChI=1S/C39H49N5O4S/c1-5-7-21-47-22-23-48-34-13-8-29(9-14-34)30-10-17-36-32(24-30)25-31(18-20-43(36)26-28(3)4)38(45)40-33-11-15-35(16-12-33)49-27-37-41-42-39(46)44(37)19-6-2/h8-17,24-25,28H,5-7,18-23,26-27H2,1-4H3,(H,40,45)(H,42,46). The first-order chi connectivity index (χ1) is 23.8. The van der Waals surface area contributed by atoms with Crippen molar-refractivity contribution in [2.75, 3.05) is 43.1 Å². The van der Waals surface area contributed by atoms with Crippen molar-refractivity contribution in [3.8, 4) is 16.9 Å². The number of fused-ring (bicyclic) bond motifs is 1. The summed E-state index contributed by atoms with van der Waals surface area (Å²) < 4.78 is 13.2. The van der Waals surface area contributed by atoms with E-state index in [0.29, 0.717) is 37.9 Å². The van der Waals surface area contributed by atoms with Crippen LogP contribution in [0, 0.1) is 5.92 Å². The van der Waals surface area contributed by atoms with Crippen molar-refractivity contribution in [2.24, 2.45) is 5.92 Å². The molecule has 0 saturated carbocycles. The van der Waals surface area contributed by atoms with Gasteiger partial charge in [-0.2, -0.15) is 5.10 Å². The number of nitrogens with one attached hydrogen (secondary N) is 2. The highest BCUT2D eigenvalue weighted by Gasteiger charge is 2.21. The average molecular weight is 684 g/mol. The van der Waals surface area contributed by atoms with Gasteiger partial charge in [0.05, 0.1) is 12.4 Å². The number of aromatic amines is 1. The lowest BCUT2D eigenvalue weighted by atomic mass is 10.00. The Labute approximate surface area is 294 Å². The lowest BCUT2D eigenvalue weighted by molar-refractivity contribution is -0.112. The van der Waals surface area contributed by atoms with E-state index in [0.717, 1.165) is 89.1 Å². The van der Waals surface area contributed by atoms with Gasteiger partial charge in [-0.15, -0.1) is 11.8 Å². The summed E-state index contributed by atoms with van der Waals surface area (Å²) in [6.07, 6.45) is 5.76. The number of thioether (sulfide) groups is 1. The second-order valence-electron chi connectivity index (χ2n) is 12.7. The van der Waals surface area contributed by atoms with Crippen molar-refractivity contribution in [3.05, 3.63) is 94.2 Å². The van der Waals surface area contributed by atoms with Crippen LogP contribution in [-0.4, -0.2) is 53.6 Å². The Balaban J connectivity index is 1.26. The van der Waals surface area contributed by atoms with E-state index in [1.165, 1.54) is 0 Å². The van der Waals surface area contributed by atoms with Crippen molar-refractivity contribution >= 4 is 35.1 Å². The first kappa shape index (κ1) is 36.0. The molecule has 0 aliphatic carbocycles. The van der Waals surface area contributed by atoms with Crippen LogP contribution >= 0.6 is 11.8 Å². The van der Waals surface area contributed by atoms with E-state index in [9.17, 15) is 9.59 Å². The Kier molecular flexibility index (Phi) is 13.2. The quantitative estimate of drug-likeness (QED) is 0.0859. The van der Waals surface area contributed by atoms with Crippen molar-refractivity contribution in [2.45, 2.75) is 70.6 Å². The molecule has 260 valence electrons. The van der Waals surface area contributed by atoms with E-state index in [4.69, 9.17) is 9.47 Å². The number of ether oxygens (including phenoxy) is 2. The van der Waals surface area contributed by atoms with E-state index < -0.39 is 0 Å². The zero-order valence-electron chi connectivity index (χ0n) is 29.2. The summed E-state index contributed by atoms with van der Waals surface area (Å²) in [4.78, 5) is 29.1. The number of carbonyl (C=O) groups excluding carboxylic acids is 1. The Bertz CT molecular complexity index is 1740. The minimum atomic E-state index is -0.173. The summed E-state index contributed by atoms with van der Waals surface area (Å²) in [5.41, 5.74) is 5.68. The monoisotopic (exact) mass is 683 g/mol. The molecule has 1 aliphatic heterocycles. The first-order valence-electron chi connectivity index (χ1n) is 17.4. The van der Waals surface area contributed by atoms with E-state index in [1.54, 1.807) is 16.3 Å². The third kappa shape index (κ3) is 10.1. The molecule has 10 heteroatoms. The molecule has 0 radical (unpaired) electrons. The molecule has 1 aliphatic rings. The number of aromatic nitrogens is 3. The Morgan fingerprint density at radius 2 is 1.76 bits per heavy atom. The van der Waals surface area contributed by atoms with Crippen LogP contribution in [0.2, 0.25) is 0 Å². The molecule has 0 fully saturated rings. The third-order valence-corrected chi connectivity index (χ3v) is 9.33. The molecular weight excluding hydrogens is 635 g/mol. The molecule has 0 bridgehead atoms. The average Bonchev–Trinajstić information content (AvgIpc) is 3.34. The van der Waals surface area contributed by atoms with E-state index >= 15 is 0 Å². The maximum atomic E-state index is 13.6. The number of benzene rings is 3. The topological polar surface area (TPSA) is 101 Å². The molecule has 5 rings (SSSR count). The van der Waals surface area contributed by atoms with Gasteiger partial charge in [0.25, 0.3) is 5.91 Å². The molecule has 1 aromatic heterocycles. The molecule has 0 unspecified atom stereocenters. The minimum absolute atomic E-state index is 0.0940. The lowest BCUT2D eigenvalue weighted by Crippen LogP contribution is -2.29. The summed E-state index contributed by atoms with van der Waals surface area (Å²) in [6, 6.07) is 22.5. The Morgan fingerprint density at radius 1 is 0.980 bits per heavy atom. The first-order valence-corrected chi connectivity index (χ1v) is 18.4. The summed E-state index contributed by atoms with van der Waals surface area (Å²) in [7, 11) is 0. The Hall–Kier alpha value is -4.28. The number of carbonyl (C=O) groups is 1. The van der Waals surface area contributed by atoms with Crippen LogP contribution < -0.4 is 20.6 Å². The zero-order valence-corrected chi connectivity index (χ0v) is 30.0. The molecule has 1 amide bonds. The van der Waals surface area contributed by atoms with Crippen molar-refractivity contribution < 1.29 is 14.3 Å². The summed E-state index contributed by atoms with van der Waals surface area (Å²) >= 11 is 1.61. The molecule has 49 heavy (non-hydrogen) atoms. The Morgan fingerprint density at radius 3 is 2.49 bits per heavy atom. The molecule has 9 nitrogen and oxygen atoms in total. The SMILES string of the molecule is CCCCOCCOc1ccc(-c2ccc3c(c2)C=C(C(=O)Nc2ccc(SCc4n[nH]c(=O)n4CCC)cc2)CCN3CC(C)C)cc1. The van der Waals surface area contributed by atoms with Crippen LogP contribution in [0.4, 0.5) is 11.4 Å². The molecule has 4 aromatic rings.